The number of benzene rings is 3. The highest BCUT2D eigenvalue weighted by molar-refractivity contribution is 5.69. The predicted octanol–water partition coefficient (Wildman–Crippen LogP) is 4.71. The minimum Gasteiger partial charge on any atom is -0.504 e. The fourth-order valence-corrected chi connectivity index (χ4v) is 3.48. The summed E-state index contributed by atoms with van der Waals surface area (Å²) in [7, 11) is 0. The molecule has 0 aliphatic rings. The lowest BCUT2D eigenvalue weighted by Crippen LogP contribution is -2.24. The molecule has 4 aromatic rings. The fourth-order valence-electron chi connectivity index (χ4n) is 3.48. The first-order valence-corrected chi connectivity index (χ1v) is 9.92. The highest BCUT2D eigenvalue weighted by Crippen LogP contribution is 2.31. The van der Waals surface area contributed by atoms with E-state index in [9.17, 15) is 28.8 Å². The molecular formula is C24H17F2N3O4. The lowest BCUT2D eigenvalue weighted by Gasteiger charge is -2.15. The molecule has 0 aliphatic heterocycles. The third kappa shape index (κ3) is 4.62. The van der Waals surface area contributed by atoms with Crippen molar-refractivity contribution in [3.8, 4) is 28.4 Å². The first kappa shape index (κ1) is 21.8. The van der Waals surface area contributed by atoms with Gasteiger partial charge in [0.2, 0.25) is 0 Å². The second kappa shape index (κ2) is 8.99. The minimum absolute atomic E-state index is 0.0152. The van der Waals surface area contributed by atoms with Crippen molar-refractivity contribution in [3.63, 3.8) is 0 Å². The van der Waals surface area contributed by atoms with Gasteiger partial charge in [0, 0.05) is 30.3 Å². The van der Waals surface area contributed by atoms with E-state index >= 15 is 0 Å². The summed E-state index contributed by atoms with van der Waals surface area (Å²) in [5.74, 6) is -2.00. The number of rotatable bonds is 6. The maximum absolute atomic E-state index is 14.1. The summed E-state index contributed by atoms with van der Waals surface area (Å²) in [4.78, 5) is 28.1. The molecule has 0 fully saturated rings. The molecule has 3 aromatic carbocycles. The summed E-state index contributed by atoms with van der Waals surface area (Å²) >= 11 is 0. The number of aromatic hydroxyl groups is 1. The van der Waals surface area contributed by atoms with Crippen LogP contribution >= 0.6 is 0 Å². The Kier molecular flexibility index (Phi) is 5.95. The number of hydrogen-bond acceptors (Lipinski definition) is 5. The normalized spacial score (nSPS) is 10.8. The molecule has 0 unspecified atom stereocenters. The van der Waals surface area contributed by atoms with E-state index in [2.05, 4.69) is 4.98 Å². The SMILES string of the molecule is O=c1cc(-c2cccc([N+](=O)[O-])c2)nc(-c2cccc(F)c2O)n1CCc1cccc(F)c1. The van der Waals surface area contributed by atoms with E-state index in [1.165, 1.54) is 53.1 Å². The van der Waals surface area contributed by atoms with Crippen LogP contribution in [0.3, 0.4) is 0 Å². The Morgan fingerprint density at radius 1 is 1.00 bits per heavy atom. The average Bonchev–Trinajstić information content (AvgIpc) is 2.80. The zero-order chi connectivity index (χ0) is 23.5. The Balaban J connectivity index is 1.85. The van der Waals surface area contributed by atoms with Crippen molar-refractivity contribution in [2.45, 2.75) is 13.0 Å². The third-order valence-corrected chi connectivity index (χ3v) is 5.10. The number of nitro groups is 1. The molecule has 33 heavy (non-hydrogen) atoms. The van der Waals surface area contributed by atoms with E-state index in [4.69, 9.17) is 0 Å². The molecule has 9 heteroatoms. The van der Waals surface area contributed by atoms with Crippen molar-refractivity contribution in [1.82, 2.24) is 9.55 Å². The molecule has 1 N–H and O–H groups in total. The molecule has 0 radical (unpaired) electrons. The fraction of sp³-hybridized carbons (Fsp3) is 0.0833. The van der Waals surface area contributed by atoms with Crippen LogP contribution in [0.1, 0.15) is 5.56 Å². The van der Waals surface area contributed by atoms with Crippen molar-refractivity contribution in [2.24, 2.45) is 0 Å². The van der Waals surface area contributed by atoms with Crippen LogP contribution in [-0.4, -0.2) is 19.6 Å². The van der Waals surface area contributed by atoms with Gasteiger partial charge in [-0.1, -0.05) is 30.3 Å². The predicted molar refractivity (Wildman–Crippen MR) is 118 cm³/mol. The average molecular weight is 449 g/mol. The van der Waals surface area contributed by atoms with Crippen molar-refractivity contribution < 1.29 is 18.8 Å². The molecule has 0 aliphatic carbocycles. The van der Waals surface area contributed by atoms with Crippen LogP contribution in [-0.2, 0) is 13.0 Å². The zero-order valence-electron chi connectivity index (χ0n) is 17.1. The summed E-state index contributed by atoms with van der Waals surface area (Å²) in [5, 5.41) is 21.4. The van der Waals surface area contributed by atoms with Crippen LogP contribution in [0.4, 0.5) is 14.5 Å². The highest BCUT2D eigenvalue weighted by Gasteiger charge is 2.18. The molecule has 0 atom stereocenters. The third-order valence-electron chi connectivity index (χ3n) is 5.10. The van der Waals surface area contributed by atoms with Crippen LogP contribution in [0.2, 0.25) is 0 Å². The second-order valence-corrected chi connectivity index (χ2v) is 7.28. The van der Waals surface area contributed by atoms with Gasteiger partial charge in [-0.15, -0.1) is 0 Å². The van der Waals surface area contributed by atoms with Gasteiger partial charge in [-0.3, -0.25) is 19.5 Å². The quantitative estimate of drug-likeness (QED) is 0.340. The maximum Gasteiger partial charge on any atom is 0.270 e. The number of hydrogen-bond donors (Lipinski definition) is 1. The number of non-ortho nitro benzene ring substituents is 1. The van der Waals surface area contributed by atoms with Crippen LogP contribution in [0, 0.1) is 21.7 Å². The molecule has 0 saturated heterocycles. The van der Waals surface area contributed by atoms with Crippen molar-refractivity contribution in [3.05, 3.63) is 110 Å². The van der Waals surface area contributed by atoms with Crippen LogP contribution in [0.5, 0.6) is 5.75 Å². The van der Waals surface area contributed by atoms with Crippen molar-refractivity contribution >= 4 is 5.69 Å². The molecule has 4 rings (SSSR count). The number of halogens is 2. The minimum atomic E-state index is -0.890. The van der Waals surface area contributed by atoms with Gasteiger partial charge in [-0.2, -0.15) is 0 Å². The summed E-state index contributed by atoms with van der Waals surface area (Å²) in [6, 6.07) is 16.6. The number of nitro benzene ring substituents is 1. The number of para-hydroxylation sites is 1. The molecule has 1 aromatic heterocycles. The number of phenolic OH excluding ortho intramolecular Hbond substituents is 1. The van der Waals surface area contributed by atoms with Crippen molar-refractivity contribution in [2.75, 3.05) is 0 Å². The maximum atomic E-state index is 14.1. The van der Waals surface area contributed by atoms with E-state index in [1.807, 2.05) is 0 Å². The van der Waals surface area contributed by atoms with Gasteiger partial charge < -0.3 is 5.11 Å². The Morgan fingerprint density at radius 2 is 1.76 bits per heavy atom. The van der Waals surface area contributed by atoms with Gasteiger partial charge in [0.15, 0.2) is 11.6 Å². The summed E-state index contributed by atoms with van der Waals surface area (Å²) in [6.45, 7) is 0.0792. The van der Waals surface area contributed by atoms with E-state index in [0.29, 0.717) is 11.1 Å². The standard InChI is InChI=1S/C24H17F2N3O4/c25-17-6-1-4-15(12-17)10-11-28-22(30)14-21(16-5-2-7-18(13-16)29(32)33)27-24(28)19-8-3-9-20(26)23(19)31/h1-9,12-14,31H,10-11H2. The number of aromatic nitrogens is 2. The Bertz CT molecular complexity index is 1420. The van der Waals surface area contributed by atoms with Crippen molar-refractivity contribution in [1.29, 1.82) is 0 Å². The van der Waals surface area contributed by atoms with Gasteiger partial charge >= 0.3 is 0 Å². The van der Waals surface area contributed by atoms with E-state index < -0.39 is 27.9 Å². The lowest BCUT2D eigenvalue weighted by atomic mass is 10.1. The second-order valence-electron chi connectivity index (χ2n) is 7.28. The monoisotopic (exact) mass is 449 g/mol. The summed E-state index contributed by atoms with van der Waals surface area (Å²) < 4.78 is 28.9. The topological polar surface area (TPSA) is 98.3 Å². The molecule has 166 valence electrons. The summed E-state index contributed by atoms with van der Waals surface area (Å²) in [5.41, 5.74) is 0.374. The highest BCUT2D eigenvalue weighted by atomic mass is 19.1. The lowest BCUT2D eigenvalue weighted by molar-refractivity contribution is -0.384. The van der Waals surface area contributed by atoms with E-state index in [1.54, 1.807) is 18.2 Å². The first-order valence-electron chi connectivity index (χ1n) is 9.92. The number of phenols is 1. The summed E-state index contributed by atoms with van der Waals surface area (Å²) in [6.07, 6.45) is 0.276. The molecule has 1 heterocycles. The first-order chi connectivity index (χ1) is 15.8. The van der Waals surface area contributed by atoms with Crippen LogP contribution in [0.25, 0.3) is 22.6 Å². The Hall–Kier alpha value is -4.40. The van der Waals surface area contributed by atoms with Gasteiger partial charge in [-0.25, -0.2) is 13.8 Å². The molecule has 0 bridgehead atoms. The van der Waals surface area contributed by atoms with Gasteiger partial charge in [0.25, 0.3) is 11.2 Å². The number of nitrogens with zero attached hydrogens (tertiary/aromatic N) is 3. The molecule has 0 amide bonds. The van der Waals surface area contributed by atoms with Crippen LogP contribution < -0.4 is 5.56 Å². The van der Waals surface area contributed by atoms with E-state index in [-0.39, 0.29) is 35.7 Å². The van der Waals surface area contributed by atoms with Gasteiger partial charge in [0.05, 0.1) is 16.2 Å². The van der Waals surface area contributed by atoms with Crippen LogP contribution in [0.15, 0.2) is 77.6 Å². The molecular weight excluding hydrogens is 432 g/mol. The van der Waals surface area contributed by atoms with E-state index in [0.717, 1.165) is 6.07 Å². The largest absolute Gasteiger partial charge is 0.504 e. The smallest absolute Gasteiger partial charge is 0.270 e. The molecule has 0 saturated carbocycles. The molecule has 7 nitrogen and oxygen atoms in total. The zero-order valence-corrected chi connectivity index (χ0v) is 17.1. The Morgan fingerprint density at radius 3 is 2.52 bits per heavy atom. The van der Waals surface area contributed by atoms with Gasteiger partial charge in [0.1, 0.15) is 11.6 Å². The number of aryl methyl sites for hydroxylation is 1. The Labute approximate surface area is 186 Å². The van der Waals surface area contributed by atoms with Gasteiger partial charge in [-0.05, 0) is 36.2 Å². The molecule has 0 spiro atoms.